The van der Waals surface area contributed by atoms with Gasteiger partial charge < -0.3 is 10.5 Å². The highest BCUT2D eigenvalue weighted by atomic mass is 32.2. The van der Waals surface area contributed by atoms with Crippen molar-refractivity contribution in [1.82, 2.24) is 0 Å². The lowest BCUT2D eigenvalue weighted by atomic mass is 10.2. The van der Waals surface area contributed by atoms with Crippen LogP contribution in [0, 0.1) is 0 Å². The summed E-state index contributed by atoms with van der Waals surface area (Å²) in [7, 11) is -4.27. The van der Waals surface area contributed by atoms with Crippen LogP contribution in [0.15, 0.2) is 57.6 Å². The highest BCUT2D eigenvalue weighted by Crippen LogP contribution is 2.28. The fourth-order valence-corrected chi connectivity index (χ4v) is 2.21. The molecule has 0 amide bonds. The Kier molecular flexibility index (Phi) is 4.74. The van der Waals surface area contributed by atoms with E-state index in [0.29, 0.717) is 29.4 Å². The fourth-order valence-electron chi connectivity index (χ4n) is 1.69. The van der Waals surface area contributed by atoms with Crippen molar-refractivity contribution in [3.63, 3.8) is 0 Å². The number of anilines is 1. The van der Waals surface area contributed by atoms with Gasteiger partial charge in [0.25, 0.3) is 10.1 Å². The minimum absolute atomic E-state index is 0.240. The normalized spacial score (nSPS) is 11.7. The van der Waals surface area contributed by atoms with Crippen LogP contribution in [0.5, 0.6) is 5.75 Å². The maximum Gasteiger partial charge on any atom is 0.294 e. The Labute approximate surface area is 128 Å². The van der Waals surface area contributed by atoms with Gasteiger partial charge in [0.05, 0.1) is 28.6 Å². The molecule has 0 fully saturated rings. The summed E-state index contributed by atoms with van der Waals surface area (Å²) in [5, 5.41) is 7.93. The molecule has 8 heteroatoms. The molecular weight excluding hydrogens is 306 g/mol. The van der Waals surface area contributed by atoms with Crippen LogP contribution in [0.25, 0.3) is 0 Å². The van der Waals surface area contributed by atoms with Crippen LogP contribution in [0.4, 0.5) is 17.1 Å². The monoisotopic (exact) mass is 321 g/mol. The molecule has 0 saturated heterocycles. The van der Waals surface area contributed by atoms with E-state index < -0.39 is 10.1 Å². The largest absolute Gasteiger partial charge is 0.492 e. The molecule has 2 aromatic carbocycles. The second-order valence-electron chi connectivity index (χ2n) is 4.33. The van der Waals surface area contributed by atoms with Crippen molar-refractivity contribution in [3.8, 4) is 5.75 Å². The molecular formula is C14H15N3O4S. The first-order chi connectivity index (χ1) is 10.4. The molecule has 0 aliphatic carbocycles. The third kappa shape index (κ3) is 4.03. The van der Waals surface area contributed by atoms with Crippen LogP contribution in [0.3, 0.4) is 0 Å². The first-order valence-electron chi connectivity index (χ1n) is 6.42. The van der Waals surface area contributed by atoms with Crippen molar-refractivity contribution in [2.24, 2.45) is 10.2 Å². The number of nitrogens with two attached hydrogens (primary N) is 1. The van der Waals surface area contributed by atoms with Crippen molar-refractivity contribution in [1.29, 1.82) is 0 Å². The number of hydrogen-bond donors (Lipinski definition) is 2. The van der Waals surface area contributed by atoms with Crippen molar-refractivity contribution >= 4 is 27.2 Å². The van der Waals surface area contributed by atoms with Crippen LogP contribution in [0.2, 0.25) is 0 Å². The molecule has 22 heavy (non-hydrogen) atoms. The number of hydrogen-bond acceptors (Lipinski definition) is 6. The molecule has 2 rings (SSSR count). The standard InChI is InChI=1S/C14H15N3O4S/c1-2-21-14-9-11(6-7-13(14)15)17-16-10-4-3-5-12(8-10)22(18,19)20/h3-9H,2,15H2,1H3,(H,18,19,20). The quantitative estimate of drug-likeness (QED) is 0.498. The number of rotatable bonds is 5. The Morgan fingerprint density at radius 2 is 1.82 bits per heavy atom. The molecule has 0 aromatic heterocycles. The Morgan fingerprint density at radius 1 is 1.14 bits per heavy atom. The molecule has 0 aliphatic heterocycles. The molecule has 0 bridgehead atoms. The van der Waals surface area contributed by atoms with Gasteiger partial charge in [-0.05, 0) is 37.3 Å². The highest BCUT2D eigenvalue weighted by molar-refractivity contribution is 7.85. The van der Waals surface area contributed by atoms with E-state index in [4.69, 9.17) is 15.0 Å². The summed E-state index contributed by atoms with van der Waals surface area (Å²) in [5.41, 5.74) is 7.06. The molecule has 3 N–H and O–H groups in total. The summed E-state index contributed by atoms with van der Waals surface area (Å²) in [6.07, 6.45) is 0. The van der Waals surface area contributed by atoms with Crippen molar-refractivity contribution < 1.29 is 17.7 Å². The first-order valence-corrected chi connectivity index (χ1v) is 7.86. The van der Waals surface area contributed by atoms with Crippen LogP contribution in [-0.4, -0.2) is 19.6 Å². The van der Waals surface area contributed by atoms with Gasteiger partial charge in [-0.1, -0.05) is 6.07 Å². The average Bonchev–Trinajstić information content (AvgIpc) is 2.48. The van der Waals surface area contributed by atoms with Gasteiger partial charge in [0.2, 0.25) is 0 Å². The van der Waals surface area contributed by atoms with Gasteiger partial charge in [0.15, 0.2) is 0 Å². The zero-order valence-corrected chi connectivity index (χ0v) is 12.6. The molecule has 0 saturated carbocycles. The summed E-state index contributed by atoms with van der Waals surface area (Å²) in [5.74, 6) is 0.505. The van der Waals surface area contributed by atoms with Gasteiger partial charge in [-0.25, -0.2) is 0 Å². The predicted molar refractivity (Wildman–Crippen MR) is 82.5 cm³/mol. The molecule has 7 nitrogen and oxygen atoms in total. The fraction of sp³-hybridized carbons (Fsp3) is 0.143. The first kappa shape index (κ1) is 15.9. The maximum atomic E-state index is 11.1. The second-order valence-corrected chi connectivity index (χ2v) is 5.75. The Hall–Kier alpha value is -2.45. The molecule has 0 spiro atoms. The van der Waals surface area contributed by atoms with Gasteiger partial charge in [0.1, 0.15) is 5.75 Å². The second kappa shape index (κ2) is 6.54. The summed E-state index contributed by atoms with van der Waals surface area (Å²) in [6, 6.07) is 10.5. The van der Waals surface area contributed by atoms with Crippen LogP contribution in [0.1, 0.15) is 6.92 Å². The average molecular weight is 321 g/mol. The van der Waals surface area contributed by atoms with Crippen LogP contribution in [-0.2, 0) is 10.1 Å². The topological polar surface area (TPSA) is 114 Å². The molecule has 0 unspecified atom stereocenters. The van der Waals surface area contributed by atoms with E-state index in [1.807, 2.05) is 6.92 Å². The summed E-state index contributed by atoms with van der Waals surface area (Å²) in [6.45, 7) is 2.32. The zero-order chi connectivity index (χ0) is 16.2. The summed E-state index contributed by atoms with van der Waals surface area (Å²) < 4.78 is 36.5. The molecule has 0 atom stereocenters. The van der Waals surface area contributed by atoms with Gasteiger partial charge in [-0.2, -0.15) is 18.6 Å². The van der Waals surface area contributed by atoms with Gasteiger partial charge in [-0.3, -0.25) is 4.55 Å². The minimum atomic E-state index is -4.27. The van der Waals surface area contributed by atoms with Gasteiger partial charge in [-0.15, -0.1) is 0 Å². The maximum absolute atomic E-state index is 11.1. The lowest BCUT2D eigenvalue weighted by molar-refractivity contribution is 0.342. The van der Waals surface area contributed by atoms with E-state index in [9.17, 15) is 8.42 Å². The minimum Gasteiger partial charge on any atom is -0.492 e. The van der Waals surface area contributed by atoms with E-state index in [2.05, 4.69) is 10.2 Å². The molecule has 116 valence electrons. The van der Waals surface area contributed by atoms with E-state index in [1.165, 1.54) is 18.2 Å². The summed E-state index contributed by atoms with van der Waals surface area (Å²) >= 11 is 0. The van der Waals surface area contributed by atoms with E-state index in [1.54, 1.807) is 24.3 Å². The smallest absolute Gasteiger partial charge is 0.294 e. The van der Waals surface area contributed by atoms with Crippen LogP contribution < -0.4 is 10.5 Å². The molecule has 0 aliphatic rings. The molecule has 0 heterocycles. The summed E-state index contributed by atoms with van der Waals surface area (Å²) in [4.78, 5) is -0.240. The van der Waals surface area contributed by atoms with Crippen LogP contribution >= 0.6 is 0 Å². The van der Waals surface area contributed by atoms with Crippen molar-refractivity contribution in [3.05, 3.63) is 42.5 Å². The number of benzene rings is 2. The van der Waals surface area contributed by atoms with Crippen molar-refractivity contribution in [2.45, 2.75) is 11.8 Å². The Bertz CT molecular complexity index is 803. The molecule has 0 radical (unpaired) electrons. The lowest BCUT2D eigenvalue weighted by Crippen LogP contribution is -1.96. The SMILES string of the molecule is CCOc1cc(N=Nc2cccc(S(=O)(=O)O)c2)ccc1N. The number of nitrogens with zero attached hydrogens (tertiary/aromatic N) is 2. The predicted octanol–water partition coefficient (Wildman–Crippen LogP) is 3.33. The third-order valence-corrected chi connectivity index (χ3v) is 3.54. The number of ether oxygens (including phenoxy) is 1. The molecule has 2 aromatic rings. The van der Waals surface area contributed by atoms with Crippen molar-refractivity contribution in [2.75, 3.05) is 12.3 Å². The zero-order valence-electron chi connectivity index (χ0n) is 11.8. The van der Waals surface area contributed by atoms with Gasteiger partial charge >= 0.3 is 0 Å². The van der Waals surface area contributed by atoms with E-state index in [-0.39, 0.29) is 4.90 Å². The third-order valence-electron chi connectivity index (χ3n) is 2.69. The van der Waals surface area contributed by atoms with Gasteiger partial charge in [0, 0.05) is 6.07 Å². The lowest BCUT2D eigenvalue weighted by Gasteiger charge is -2.06. The Morgan fingerprint density at radius 3 is 2.45 bits per heavy atom. The van der Waals surface area contributed by atoms with E-state index in [0.717, 1.165) is 0 Å². The highest BCUT2D eigenvalue weighted by Gasteiger charge is 2.09. The number of nitrogen functional groups attached to an aromatic ring is 1. The Balaban J connectivity index is 2.27. The van der Waals surface area contributed by atoms with E-state index >= 15 is 0 Å². The number of azo groups is 1.